The predicted molar refractivity (Wildman–Crippen MR) is 82.2 cm³/mol. The molecule has 0 aliphatic carbocycles. The molecular weight excluding hydrogens is 260 g/mol. The van der Waals surface area contributed by atoms with E-state index in [1.54, 1.807) is 12.5 Å². The highest BCUT2D eigenvalue weighted by atomic mass is 16.1. The summed E-state index contributed by atoms with van der Waals surface area (Å²) in [6, 6.07) is 17.5. The van der Waals surface area contributed by atoms with Gasteiger partial charge in [-0.1, -0.05) is 54.6 Å². The van der Waals surface area contributed by atoms with Crippen molar-refractivity contribution in [2.75, 3.05) is 0 Å². The molecule has 3 nitrogen and oxygen atoms in total. The van der Waals surface area contributed by atoms with Gasteiger partial charge in [-0.3, -0.25) is 4.79 Å². The van der Waals surface area contributed by atoms with Crippen LogP contribution >= 0.6 is 0 Å². The van der Waals surface area contributed by atoms with E-state index in [0.717, 1.165) is 23.2 Å². The number of aromatic nitrogens is 2. The lowest BCUT2D eigenvalue weighted by atomic mass is 9.99. The van der Waals surface area contributed by atoms with Crippen molar-refractivity contribution in [2.24, 2.45) is 0 Å². The summed E-state index contributed by atoms with van der Waals surface area (Å²) in [6.07, 6.45) is 5.90. The van der Waals surface area contributed by atoms with Crippen LogP contribution in [0.15, 0.2) is 73.3 Å². The monoisotopic (exact) mass is 276 g/mol. The molecule has 104 valence electrons. The van der Waals surface area contributed by atoms with E-state index < -0.39 is 0 Å². The minimum absolute atomic E-state index is 0.147. The van der Waals surface area contributed by atoms with Gasteiger partial charge in [0.25, 0.3) is 0 Å². The lowest BCUT2D eigenvalue weighted by molar-refractivity contribution is 0.0992. The number of rotatable bonds is 5. The van der Waals surface area contributed by atoms with Crippen LogP contribution in [-0.4, -0.2) is 15.3 Å². The van der Waals surface area contributed by atoms with Crippen LogP contribution < -0.4 is 0 Å². The molecule has 1 aromatic heterocycles. The highest BCUT2D eigenvalue weighted by Crippen LogP contribution is 2.14. The zero-order chi connectivity index (χ0) is 14.5. The zero-order valence-corrected chi connectivity index (χ0v) is 11.6. The van der Waals surface area contributed by atoms with E-state index in [1.165, 1.54) is 0 Å². The number of benzene rings is 2. The van der Waals surface area contributed by atoms with Crippen LogP contribution in [-0.2, 0) is 13.0 Å². The van der Waals surface area contributed by atoms with Crippen LogP contribution in [0.5, 0.6) is 0 Å². The first-order chi connectivity index (χ1) is 10.3. The quantitative estimate of drug-likeness (QED) is 0.670. The minimum Gasteiger partial charge on any atom is -0.333 e. The van der Waals surface area contributed by atoms with Crippen LogP contribution in [0.25, 0.3) is 0 Å². The van der Waals surface area contributed by atoms with Crippen LogP contribution in [0.3, 0.4) is 0 Å². The molecule has 0 aliphatic heterocycles. The highest BCUT2D eigenvalue weighted by molar-refractivity contribution is 5.97. The molecule has 21 heavy (non-hydrogen) atoms. The van der Waals surface area contributed by atoms with Crippen LogP contribution in [0.1, 0.15) is 21.5 Å². The smallest absolute Gasteiger partial charge is 0.167 e. The summed E-state index contributed by atoms with van der Waals surface area (Å²) < 4.78 is 2.01. The number of ketones is 1. The third-order valence-electron chi connectivity index (χ3n) is 3.48. The fourth-order valence-corrected chi connectivity index (χ4v) is 2.36. The molecule has 1 heterocycles. The third-order valence-corrected chi connectivity index (χ3v) is 3.48. The molecule has 0 amide bonds. The molecule has 3 heteroatoms. The van der Waals surface area contributed by atoms with Crippen molar-refractivity contribution in [3.8, 4) is 0 Å². The van der Waals surface area contributed by atoms with Gasteiger partial charge in [0.05, 0.1) is 6.33 Å². The molecule has 0 aliphatic rings. The van der Waals surface area contributed by atoms with Gasteiger partial charge in [-0.15, -0.1) is 0 Å². The Morgan fingerprint density at radius 1 is 0.952 bits per heavy atom. The number of nitrogens with zero attached hydrogens (tertiary/aromatic N) is 2. The van der Waals surface area contributed by atoms with E-state index in [9.17, 15) is 4.79 Å². The van der Waals surface area contributed by atoms with Crippen molar-refractivity contribution in [3.05, 3.63) is 90.0 Å². The number of carbonyl (C=O) groups excluding carboxylic acids is 1. The van der Waals surface area contributed by atoms with Gasteiger partial charge in [0.1, 0.15) is 0 Å². The Morgan fingerprint density at radius 3 is 2.38 bits per heavy atom. The number of Topliss-reactive ketones (excluding diaryl/α,β-unsaturated/α-hetero) is 1. The standard InChI is InChI=1S/C18H16N2O/c21-18(15-6-2-1-3-7-15)12-16-8-4-5-9-17(16)13-20-11-10-19-14-20/h1-11,14H,12-13H2. The maximum Gasteiger partial charge on any atom is 0.167 e. The van der Waals surface area contributed by atoms with Crippen molar-refractivity contribution in [1.29, 1.82) is 0 Å². The number of hydrogen-bond donors (Lipinski definition) is 0. The second-order valence-corrected chi connectivity index (χ2v) is 4.97. The van der Waals surface area contributed by atoms with Crippen molar-refractivity contribution in [3.63, 3.8) is 0 Å². The van der Waals surface area contributed by atoms with Gasteiger partial charge >= 0.3 is 0 Å². The van der Waals surface area contributed by atoms with E-state index in [-0.39, 0.29) is 5.78 Å². The predicted octanol–water partition coefficient (Wildman–Crippen LogP) is 3.36. The van der Waals surface area contributed by atoms with Crippen molar-refractivity contribution < 1.29 is 4.79 Å². The Labute approximate surface area is 123 Å². The first-order valence-electron chi connectivity index (χ1n) is 6.94. The summed E-state index contributed by atoms with van der Waals surface area (Å²) in [6.45, 7) is 0.734. The van der Waals surface area contributed by atoms with Gasteiger partial charge in [0, 0.05) is 30.9 Å². The van der Waals surface area contributed by atoms with Crippen molar-refractivity contribution in [1.82, 2.24) is 9.55 Å². The summed E-state index contributed by atoms with van der Waals surface area (Å²) in [4.78, 5) is 16.4. The SMILES string of the molecule is O=C(Cc1ccccc1Cn1ccnc1)c1ccccc1. The average molecular weight is 276 g/mol. The van der Waals surface area contributed by atoms with Gasteiger partial charge in [0.2, 0.25) is 0 Å². The third kappa shape index (κ3) is 3.26. The topological polar surface area (TPSA) is 34.9 Å². The molecular formula is C18H16N2O. The summed E-state index contributed by atoms with van der Waals surface area (Å²) in [5.41, 5.74) is 2.98. The van der Waals surface area contributed by atoms with Crippen LogP contribution in [0, 0.1) is 0 Å². The second kappa shape index (κ2) is 6.18. The highest BCUT2D eigenvalue weighted by Gasteiger charge is 2.10. The lowest BCUT2D eigenvalue weighted by Gasteiger charge is -2.09. The van der Waals surface area contributed by atoms with Crippen molar-refractivity contribution in [2.45, 2.75) is 13.0 Å². The molecule has 0 saturated carbocycles. The normalized spacial score (nSPS) is 10.5. The van der Waals surface area contributed by atoms with Crippen LogP contribution in [0.2, 0.25) is 0 Å². The first kappa shape index (κ1) is 13.3. The molecule has 2 aromatic carbocycles. The Kier molecular flexibility index (Phi) is 3.92. The molecule has 0 unspecified atom stereocenters. The molecule has 0 spiro atoms. The Bertz CT molecular complexity index is 718. The Balaban J connectivity index is 1.81. The molecule has 0 bridgehead atoms. The van der Waals surface area contributed by atoms with E-state index in [0.29, 0.717) is 6.42 Å². The van der Waals surface area contributed by atoms with Crippen molar-refractivity contribution >= 4 is 5.78 Å². The molecule has 0 N–H and O–H groups in total. The summed E-state index contributed by atoms with van der Waals surface area (Å²) in [5, 5.41) is 0. The Morgan fingerprint density at radius 2 is 1.67 bits per heavy atom. The van der Waals surface area contributed by atoms with E-state index in [2.05, 4.69) is 11.1 Å². The number of carbonyl (C=O) groups is 1. The summed E-state index contributed by atoms with van der Waals surface area (Å²) in [7, 11) is 0. The van der Waals surface area contributed by atoms with Gasteiger partial charge < -0.3 is 4.57 Å². The van der Waals surface area contributed by atoms with E-state index in [1.807, 2.05) is 59.3 Å². The molecule has 3 rings (SSSR count). The lowest BCUT2D eigenvalue weighted by Crippen LogP contribution is -2.07. The van der Waals surface area contributed by atoms with E-state index >= 15 is 0 Å². The fourth-order valence-electron chi connectivity index (χ4n) is 2.36. The Hall–Kier alpha value is -2.68. The molecule has 0 fully saturated rings. The van der Waals surface area contributed by atoms with Crippen LogP contribution in [0.4, 0.5) is 0 Å². The second-order valence-electron chi connectivity index (χ2n) is 4.97. The van der Waals surface area contributed by atoms with Gasteiger partial charge in [-0.05, 0) is 11.1 Å². The number of hydrogen-bond acceptors (Lipinski definition) is 2. The van der Waals surface area contributed by atoms with Gasteiger partial charge in [-0.2, -0.15) is 0 Å². The first-order valence-corrected chi connectivity index (χ1v) is 6.94. The minimum atomic E-state index is 0.147. The number of imidazole rings is 1. The zero-order valence-electron chi connectivity index (χ0n) is 11.6. The summed E-state index contributed by atoms with van der Waals surface area (Å²) in [5.74, 6) is 0.147. The molecule has 3 aromatic rings. The largest absolute Gasteiger partial charge is 0.333 e. The molecule has 0 radical (unpaired) electrons. The van der Waals surface area contributed by atoms with Gasteiger partial charge in [0.15, 0.2) is 5.78 Å². The maximum absolute atomic E-state index is 12.3. The van der Waals surface area contributed by atoms with Gasteiger partial charge in [-0.25, -0.2) is 4.98 Å². The average Bonchev–Trinajstić information content (AvgIpc) is 3.03. The van der Waals surface area contributed by atoms with E-state index in [4.69, 9.17) is 0 Å². The molecule has 0 saturated heterocycles. The maximum atomic E-state index is 12.3. The molecule has 0 atom stereocenters. The summed E-state index contributed by atoms with van der Waals surface area (Å²) >= 11 is 0. The fraction of sp³-hybridized carbons (Fsp3) is 0.111.